The minimum absolute atomic E-state index is 0. The van der Waals surface area contributed by atoms with Crippen molar-refractivity contribution in [3.05, 3.63) is 54.0 Å². The fourth-order valence-electron chi connectivity index (χ4n) is 2.10. The molecule has 1 aromatic heterocycles. The molecule has 1 aromatic carbocycles. The summed E-state index contributed by atoms with van der Waals surface area (Å²) in [5.41, 5.74) is 1.04. The number of guanidine groups is 1. The molecule has 0 saturated carbocycles. The van der Waals surface area contributed by atoms with E-state index in [-0.39, 0.29) is 29.8 Å². The zero-order chi connectivity index (χ0) is 15.4. The Morgan fingerprint density at radius 2 is 2.00 bits per heavy atom. The van der Waals surface area contributed by atoms with Crippen LogP contribution in [0.4, 0.5) is 4.39 Å². The third-order valence-electron chi connectivity index (χ3n) is 3.34. The van der Waals surface area contributed by atoms with E-state index in [0.717, 1.165) is 24.6 Å². The lowest BCUT2D eigenvalue weighted by atomic mass is 10.3. The van der Waals surface area contributed by atoms with E-state index in [4.69, 9.17) is 4.74 Å². The van der Waals surface area contributed by atoms with E-state index < -0.39 is 0 Å². The van der Waals surface area contributed by atoms with Gasteiger partial charge in [-0.2, -0.15) is 0 Å². The van der Waals surface area contributed by atoms with Crippen molar-refractivity contribution in [1.82, 2.24) is 15.2 Å². The van der Waals surface area contributed by atoms with Crippen molar-refractivity contribution in [2.24, 2.45) is 4.99 Å². The molecule has 2 aromatic rings. The fourth-order valence-corrected chi connectivity index (χ4v) is 2.10. The second kappa shape index (κ2) is 8.09. The highest BCUT2D eigenvalue weighted by molar-refractivity contribution is 14.0. The molecule has 0 saturated heterocycles. The van der Waals surface area contributed by atoms with Crippen LogP contribution >= 0.6 is 24.0 Å². The summed E-state index contributed by atoms with van der Waals surface area (Å²) in [6, 6.07) is 9.58. The number of hydrogen-bond acceptors (Lipinski definition) is 5. The quantitative estimate of drug-likeness (QED) is 0.761. The number of halogens is 2. The second-order valence-electron chi connectivity index (χ2n) is 5.04. The minimum atomic E-state index is -0.290. The van der Waals surface area contributed by atoms with E-state index in [1.807, 2.05) is 13.1 Å². The molecule has 122 valence electrons. The first-order valence-electron chi connectivity index (χ1n) is 7.08. The Morgan fingerprint density at radius 1 is 1.22 bits per heavy atom. The van der Waals surface area contributed by atoms with Crippen LogP contribution in [0.25, 0.3) is 0 Å². The first-order valence-corrected chi connectivity index (χ1v) is 7.08. The van der Waals surface area contributed by atoms with Crippen LogP contribution in [0.2, 0.25) is 0 Å². The number of nitrogens with zero attached hydrogens (tertiary/aromatic N) is 3. The molecule has 1 N–H and O–H groups in total. The van der Waals surface area contributed by atoms with E-state index in [9.17, 15) is 4.39 Å². The third-order valence-corrected chi connectivity index (χ3v) is 3.34. The van der Waals surface area contributed by atoms with Gasteiger partial charge in [-0.25, -0.2) is 9.37 Å². The van der Waals surface area contributed by atoms with Crippen LogP contribution in [0, 0.1) is 5.82 Å². The largest absolute Gasteiger partial charge is 0.439 e. The molecular weight excluding hydrogens is 410 g/mol. The maximum absolute atomic E-state index is 12.8. The number of benzene rings is 1. The smallest absolute Gasteiger partial charge is 0.219 e. The summed E-state index contributed by atoms with van der Waals surface area (Å²) in [6.07, 6.45) is 1.75. The van der Waals surface area contributed by atoms with Crippen LogP contribution in [-0.4, -0.2) is 36.0 Å². The van der Waals surface area contributed by atoms with Gasteiger partial charge in [0.25, 0.3) is 0 Å². The van der Waals surface area contributed by atoms with Gasteiger partial charge >= 0.3 is 0 Å². The Morgan fingerprint density at radius 3 is 2.61 bits per heavy atom. The van der Waals surface area contributed by atoms with Crippen LogP contribution in [0.15, 0.2) is 47.6 Å². The first-order chi connectivity index (χ1) is 10.7. The van der Waals surface area contributed by atoms with Crippen molar-refractivity contribution >= 4 is 29.9 Å². The zero-order valence-corrected chi connectivity index (χ0v) is 15.0. The average molecular weight is 428 g/mol. The summed E-state index contributed by atoms with van der Waals surface area (Å²) in [6.45, 7) is 2.44. The van der Waals surface area contributed by atoms with Crippen molar-refractivity contribution in [3.8, 4) is 11.6 Å². The highest BCUT2D eigenvalue weighted by Crippen LogP contribution is 2.19. The number of pyridine rings is 1. The van der Waals surface area contributed by atoms with E-state index >= 15 is 0 Å². The maximum atomic E-state index is 12.8. The Kier molecular flexibility index (Phi) is 6.14. The van der Waals surface area contributed by atoms with Gasteiger partial charge in [-0.15, -0.1) is 24.0 Å². The number of aliphatic imine (C=N–C) groups is 1. The van der Waals surface area contributed by atoms with E-state index in [2.05, 4.69) is 20.2 Å². The van der Waals surface area contributed by atoms with Crippen LogP contribution in [0.3, 0.4) is 0 Å². The molecule has 5 nitrogen and oxygen atoms in total. The molecule has 0 atom stereocenters. The number of likely N-dealkylation sites (N-methyl/N-ethyl adjacent to an activating group) is 1. The summed E-state index contributed by atoms with van der Waals surface area (Å²) in [5.74, 6) is 1.65. The van der Waals surface area contributed by atoms with Crippen LogP contribution in [0.5, 0.6) is 11.6 Å². The monoisotopic (exact) mass is 428 g/mol. The SMILES string of the molecule is CN1CCN=C1NCc1ccc(Oc2ccc(F)cc2)nc1.I. The molecule has 0 unspecified atom stereocenters. The summed E-state index contributed by atoms with van der Waals surface area (Å²) in [7, 11) is 2.01. The van der Waals surface area contributed by atoms with Crippen LogP contribution < -0.4 is 10.1 Å². The van der Waals surface area contributed by atoms with Gasteiger partial charge < -0.3 is 15.0 Å². The van der Waals surface area contributed by atoms with Gasteiger partial charge in [0.2, 0.25) is 5.88 Å². The van der Waals surface area contributed by atoms with Gasteiger partial charge in [-0.1, -0.05) is 6.07 Å². The Hall–Kier alpha value is -1.90. The molecule has 1 aliphatic heterocycles. The Balaban J connectivity index is 0.00000192. The summed E-state index contributed by atoms with van der Waals surface area (Å²) >= 11 is 0. The highest BCUT2D eigenvalue weighted by atomic mass is 127. The normalized spacial score (nSPS) is 13.3. The molecule has 7 heteroatoms. The molecule has 1 aliphatic rings. The lowest BCUT2D eigenvalue weighted by Gasteiger charge is -2.15. The third kappa shape index (κ3) is 4.78. The lowest BCUT2D eigenvalue weighted by molar-refractivity contribution is 0.460. The van der Waals surface area contributed by atoms with Crippen molar-refractivity contribution in [2.75, 3.05) is 20.1 Å². The minimum Gasteiger partial charge on any atom is -0.439 e. The van der Waals surface area contributed by atoms with Crippen LogP contribution in [-0.2, 0) is 6.54 Å². The summed E-state index contributed by atoms with van der Waals surface area (Å²) < 4.78 is 18.4. The molecule has 0 aliphatic carbocycles. The fraction of sp³-hybridized carbons (Fsp3) is 0.250. The van der Waals surface area contributed by atoms with Crippen molar-refractivity contribution in [1.29, 1.82) is 0 Å². The van der Waals surface area contributed by atoms with Gasteiger partial charge in [-0.05, 0) is 29.8 Å². The molecule has 0 spiro atoms. The van der Waals surface area contributed by atoms with Crippen molar-refractivity contribution < 1.29 is 9.13 Å². The second-order valence-corrected chi connectivity index (χ2v) is 5.04. The van der Waals surface area contributed by atoms with Gasteiger partial charge in [0, 0.05) is 32.4 Å². The van der Waals surface area contributed by atoms with E-state index in [1.165, 1.54) is 12.1 Å². The number of hydrogen-bond donors (Lipinski definition) is 1. The van der Waals surface area contributed by atoms with E-state index in [1.54, 1.807) is 24.4 Å². The van der Waals surface area contributed by atoms with E-state index in [0.29, 0.717) is 18.2 Å². The van der Waals surface area contributed by atoms with Crippen LogP contribution in [0.1, 0.15) is 5.56 Å². The van der Waals surface area contributed by atoms with Crippen molar-refractivity contribution in [3.63, 3.8) is 0 Å². The molecule has 0 radical (unpaired) electrons. The molecule has 0 amide bonds. The molecular formula is C16H18FIN4O. The number of rotatable bonds is 4. The number of nitrogens with one attached hydrogen (secondary N) is 1. The molecule has 23 heavy (non-hydrogen) atoms. The highest BCUT2D eigenvalue weighted by Gasteiger charge is 2.11. The average Bonchev–Trinajstić information content (AvgIpc) is 2.94. The number of aromatic nitrogens is 1. The van der Waals surface area contributed by atoms with Gasteiger partial charge in [-0.3, -0.25) is 4.99 Å². The van der Waals surface area contributed by atoms with Gasteiger partial charge in [0.1, 0.15) is 11.6 Å². The molecule has 3 rings (SSSR count). The topological polar surface area (TPSA) is 49.8 Å². The summed E-state index contributed by atoms with van der Waals surface area (Å²) in [5, 5.41) is 3.28. The van der Waals surface area contributed by atoms with Crippen molar-refractivity contribution in [2.45, 2.75) is 6.54 Å². The first kappa shape index (κ1) is 17.5. The van der Waals surface area contributed by atoms with Gasteiger partial charge in [0.15, 0.2) is 5.96 Å². The molecule has 0 fully saturated rings. The molecule has 2 heterocycles. The Bertz CT molecular complexity index is 661. The molecule has 0 bridgehead atoms. The zero-order valence-electron chi connectivity index (χ0n) is 12.7. The predicted molar refractivity (Wildman–Crippen MR) is 97.9 cm³/mol. The Labute approximate surface area is 151 Å². The maximum Gasteiger partial charge on any atom is 0.219 e. The standard InChI is InChI=1S/C16H17FN4O.HI/c1-21-9-8-18-16(21)20-11-12-2-7-15(19-10-12)22-14-5-3-13(17)4-6-14;/h2-7,10H,8-9,11H2,1H3,(H,18,20);1H. The lowest BCUT2D eigenvalue weighted by Crippen LogP contribution is -2.35. The van der Waals surface area contributed by atoms with Gasteiger partial charge in [0.05, 0.1) is 6.54 Å². The summed E-state index contributed by atoms with van der Waals surface area (Å²) in [4.78, 5) is 10.7. The predicted octanol–water partition coefficient (Wildman–Crippen LogP) is 3.02. The number of ether oxygens (including phenoxy) is 1.